The second-order valence-corrected chi connectivity index (χ2v) is 6.57. The van der Waals surface area contributed by atoms with Gasteiger partial charge in [-0.25, -0.2) is 4.79 Å². The third-order valence-corrected chi connectivity index (χ3v) is 3.16. The van der Waals surface area contributed by atoms with E-state index in [0.717, 1.165) is 0 Å². The van der Waals surface area contributed by atoms with Crippen LogP contribution >= 0.6 is 0 Å². The minimum Gasteiger partial charge on any atom is -0.444 e. The van der Waals surface area contributed by atoms with Gasteiger partial charge in [0.15, 0.2) is 0 Å². The van der Waals surface area contributed by atoms with Crippen molar-refractivity contribution in [2.45, 2.75) is 65.2 Å². The molecule has 1 N–H and O–H groups in total. The Hall–Kier alpha value is -1.30. The summed E-state index contributed by atoms with van der Waals surface area (Å²) >= 11 is 0. The van der Waals surface area contributed by atoms with Crippen LogP contribution < -0.4 is 5.32 Å². The predicted molar refractivity (Wildman–Crippen MR) is 80.1 cm³/mol. The summed E-state index contributed by atoms with van der Waals surface area (Å²) < 4.78 is 10.6. The highest BCUT2D eigenvalue weighted by Gasteiger charge is 2.26. The first kappa shape index (κ1) is 17.8. The average molecular weight is 300 g/mol. The van der Waals surface area contributed by atoms with Crippen molar-refractivity contribution < 1.29 is 19.1 Å². The molecule has 21 heavy (non-hydrogen) atoms. The molecule has 0 aromatic heterocycles. The molecule has 0 saturated carbocycles. The van der Waals surface area contributed by atoms with Gasteiger partial charge >= 0.3 is 6.09 Å². The Balaban J connectivity index is 2.23. The molecule has 6 heteroatoms. The molecule has 6 nitrogen and oxygen atoms in total. The molecule has 2 amide bonds. The van der Waals surface area contributed by atoms with Crippen LogP contribution in [-0.4, -0.2) is 54.3 Å². The van der Waals surface area contributed by atoms with Crippen molar-refractivity contribution in [1.82, 2.24) is 10.2 Å². The van der Waals surface area contributed by atoms with Crippen LogP contribution in [0, 0.1) is 0 Å². The molecule has 1 aliphatic heterocycles. The maximum Gasteiger partial charge on any atom is 0.407 e. The maximum atomic E-state index is 12.2. The van der Waals surface area contributed by atoms with Crippen LogP contribution in [0.5, 0.6) is 0 Å². The molecular formula is C15H28N2O4. The van der Waals surface area contributed by atoms with E-state index in [0.29, 0.717) is 32.5 Å². The monoisotopic (exact) mass is 300 g/mol. The highest BCUT2D eigenvalue weighted by atomic mass is 16.6. The summed E-state index contributed by atoms with van der Waals surface area (Å²) in [4.78, 5) is 25.5. The molecule has 2 unspecified atom stereocenters. The second kappa shape index (κ2) is 7.64. The highest BCUT2D eigenvalue weighted by Crippen LogP contribution is 2.13. The molecule has 122 valence electrons. The van der Waals surface area contributed by atoms with Gasteiger partial charge in [0, 0.05) is 19.5 Å². The molecule has 2 atom stereocenters. The molecule has 0 aromatic rings. The Bertz CT molecular complexity index is 365. The van der Waals surface area contributed by atoms with E-state index in [1.165, 1.54) is 0 Å². The molecule has 0 aliphatic carbocycles. The molecule has 1 saturated heterocycles. The Morgan fingerprint density at radius 1 is 1.33 bits per heavy atom. The number of nitrogens with one attached hydrogen (secondary N) is 1. The lowest BCUT2D eigenvalue weighted by atomic mass is 10.1. The topological polar surface area (TPSA) is 67.9 Å². The van der Waals surface area contributed by atoms with E-state index in [1.807, 2.05) is 39.5 Å². The Morgan fingerprint density at radius 3 is 2.62 bits per heavy atom. The highest BCUT2D eigenvalue weighted by molar-refractivity contribution is 5.76. The fourth-order valence-electron chi connectivity index (χ4n) is 2.14. The van der Waals surface area contributed by atoms with Gasteiger partial charge in [0.2, 0.25) is 5.91 Å². The van der Waals surface area contributed by atoms with Crippen LogP contribution in [0.25, 0.3) is 0 Å². The van der Waals surface area contributed by atoms with Crippen molar-refractivity contribution in [2.24, 2.45) is 0 Å². The van der Waals surface area contributed by atoms with Gasteiger partial charge < -0.3 is 19.7 Å². The standard InChI is InChI=1S/C15H28N2O4/c1-11-10-20-12(2)9-17(11)13(18)7-6-8-16-14(19)21-15(3,4)5/h11-12H,6-10H2,1-5H3,(H,16,19). The van der Waals surface area contributed by atoms with Crippen molar-refractivity contribution in [1.29, 1.82) is 0 Å². The van der Waals surface area contributed by atoms with Crippen molar-refractivity contribution in [3.05, 3.63) is 0 Å². The maximum absolute atomic E-state index is 12.2. The minimum atomic E-state index is -0.501. The number of carbonyl (C=O) groups is 2. The van der Waals surface area contributed by atoms with Crippen LogP contribution in [0.2, 0.25) is 0 Å². The first-order chi connectivity index (χ1) is 9.69. The molecule has 0 radical (unpaired) electrons. The molecule has 0 spiro atoms. The molecule has 1 aliphatic rings. The van der Waals surface area contributed by atoms with Gasteiger partial charge in [-0.1, -0.05) is 0 Å². The fraction of sp³-hybridized carbons (Fsp3) is 0.867. The fourth-order valence-corrected chi connectivity index (χ4v) is 2.14. The van der Waals surface area contributed by atoms with E-state index in [-0.39, 0.29) is 18.1 Å². The van der Waals surface area contributed by atoms with Crippen molar-refractivity contribution >= 4 is 12.0 Å². The van der Waals surface area contributed by atoms with Gasteiger partial charge in [-0.3, -0.25) is 4.79 Å². The zero-order valence-electron chi connectivity index (χ0n) is 13.8. The van der Waals surface area contributed by atoms with Crippen LogP contribution in [0.3, 0.4) is 0 Å². The number of morpholine rings is 1. The third-order valence-electron chi connectivity index (χ3n) is 3.16. The van der Waals surface area contributed by atoms with Gasteiger partial charge in [0.05, 0.1) is 18.8 Å². The summed E-state index contributed by atoms with van der Waals surface area (Å²) in [6.07, 6.45) is 0.678. The molecular weight excluding hydrogens is 272 g/mol. The lowest BCUT2D eigenvalue weighted by Crippen LogP contribution is -2.50. The van der Waals surface area contributed by atoms with E-state index in [4.69, 9.17) is 9.47 Å². The number of rotatable bonds is 4. The molecule has 1 heterocycles. The number of hydrogen-bond donors (Lipinski definition) is 1. The quantitative estimate of drug-likeness (QED) is 0.806. The first-order valence-electron chi connectivity index (χ1n) is 7.57. The van der Waals surface area contributed by atoms with Gasteiger partial charge in [0.1, 0.15) is 5.60 Å². The average Bonchev–Trinajstić information content (AvgIpc) is 2.35. The van der Waals surface area contributed by atoms with Crippen molar-refractivity contribution in [3.63, 3.8) is 0 Å². The molecule has 1 fully saturated rings. The number of alkyl carbamates (subject to hydrolysis) is 1. The van der Waals surface area contributed by atoms with Crippen LogP contribution in [0.1, 0.15) is 47.5 Å². The van der Waals surface area contributed by atoms with Crippen LogP contribution in [0.15, 0.2) is 0 Å². The van der Waals surface area contributed by atoms with E-state index in [9.17, 15) is 9.59 Å². The number of carbonyl (C=O) groups excluding carboxylic acids is 2. The minimum absolute atomic E-state index is 0.0880. The summed E-state index contributed by atoms with van der Waals surface area (Å²) in [7, 11) is 0. The second-order valence-electron chi connectivity index (χ2n) is 6.57. The summed E-state index contributed by atoms with van der Waals surface area (Å²) in [5.74, 6) is 0.114. The third kappa shape index (κ3) is 6.80. The number of nitrogens with zero attached hydrogens (tertiary/aromatic N) is 1. The van der Waals surface area contributed by atoms with Gasteiger partial charge in [-0.05, 0) is 41.0 Å². The van der Waals surface area contributed by atoms with Crippen molar-refractivity contribution in [3.8, 4) is 0 Å². The molecule has 0 aromatic carbocycles. The Morgan fingerprint density at radius 2 is 2.00 bits per heavy atom. The van der Waals surface area contributed by atoms with Crippen LogP contribution in [-0.2, 0) is 14.3 Å². The van der Waals surface area contributed by atoms with E-state index in [2.05, 4.69) is 5.32 Å². The molecule has 0 bridgehead atoms. The summed E-state index contributed by atoms with van der Waals surface area (Å²) in [5, 5.41) is 2.66. The number of hydrogen-bond acceptors (Lipinski definition) is 4. The Labute approximate surface area is 127 Å². The van der Waals surface area contributed by atoms with E-state index < -0.39 is 11.7 Å². The molecule has 1 rings (SSSR count). The number of amides is 2. The lowest BCUT2D eigenvalue weighted by molar-refractivity contribution is -0.143. The first-order valence-corrected chi connectivity index (χ1v) is 7.57. The van der Waals surface area contributed by atoms with Gasteiger partial charge in [-0.2, -0.15) is 0 Å². The normalized spacial score (nSPS) is 22.8. The number of ether oxygens (including phenoxy) is 2. The predicted octanol–water partition coefficient (Wildman–Crippen LogP) is 1.93. The van der Waals surface area contributed by atoms with Crippen molar-refractivity contribution in [2.75, 3.05) is 19.7 Å². The summed E-state index contributed by atoms with van der Waals surface area (Å²) in [5.41, 5.74) is -0.501. The lowest BCUT2D eigenvalue weighted by Gasteiger charge is -2.36. The summed E-state index contributed by atoms with van der Waals surface area (Å²) in [6.45, 7) is 11.1. The Kier molecular flexibility index (Phi) is 6.45. The zero-order chi connectivity index (χ0) is 16.0. The van der Waals surface area contributed by atoms with E-state index >= 15 is 0 Å². The van der Waals surface area contributed by atoms with Gasteiger partial charge in [0.25, 0.3) is 0 Å². The SMILES string of the molecule is CC1CN(C(=O)CCCNC(=O)OC(C)(C)C)C(C)CO1. The summed E-state index contributed by atoms with van der Waals surface area (Å²) in [6, 6.07) is 0.118. The van der Waals surface area contributed by atoms with Crippen LogP contribution in [0.4, 0.5) is 4.79 Å². The largest absolute Gasteiger partial charge is 0.444 e. The smallest absolute Gasteiger partial charge is 0.407 e. The zero-order valence-corrected chi connectivity index (χ0v) is 13.8. The van der Waals surface area contributed by atoms with Gasteiger partial charge in [-0.15, -0.1) is 0 Å². The van der Waals surface area contributed by atoms with E-state index in [1.54, 1.807) is 0 Å².